The van der Waals surface area contributed by atoms with E-state index in [0.717, 1.165) is 12.2 Å². The molecule has 1 heterocycles. The van der Waals surface area contributed by atoms with E-state index in [1.54, 1.807) is 25.3 Å². The molecule has 0 spiro atoms. The van der Waals surface area contributed by atoms with Crippen LogP contribution in [0.4, 0.5) is 0 Å². The SMILES string of the molecule is CCOC(=O)c1cccnc1SCCCC#N. The van der Waals surface area contributed by atoms with Gasteiger partial charge in [-0.15, -0.1) is 11.8 Å². The number of thioether (sulfide) groups is 1. The lowest BCUT2D eigenvalue weighted by Gasteiger charge is -2.06. The number of hydrogen-bond acceptors (Lipinski definition) is 5. The van der Waals surface area contributed by atoms with Crippen molar-refractivity contribution >= 4 is 17.7 Å². The van der Waals surface area contributed by atoms with E-state index >= 15 is 0 Å². The Morgan fingerprint density at radius 2 is 2.47 bits per heavy atom. The molecule has 0 saturated carbocycles. The molecule has 0 unspecified atom stereocenters. The number of nitrogens with zero attached hydrogens (tertiary/aromatic N) is 2. The van der Waals surface area contributed by atoms with Crippen molar-refractivity contribution in [2.24, 2.45) is 0 Å². The first-order chi connectivity index (χ1) is 8.29. The van der Waals surface area contributed by atoms with E-state index in [1.807, 2.05) is 0 Å². The highest BCUT2D eigenvalue weighted by Crippen LogP contribution is 2.21. The Labute approximate surface area is 105 Å². The zero-order valence-corrected chi connectivity index (χ0v) is 10.5. The smallest absolute Gasteiger partial charge is 0.340 e. The highest BCUT2D eigenvalue weighted by molar-refractivity contribution is 7.99. The van der Waals surface area contributed by atoms with Crippen molar-refractivity contribution in [2.45, 2.75) is 24.8 Å². The average Bonchev–Trinajstić information content (AvgIpc) is 2.35. The molecule has 17 heavy (non-hydrogen) atoms. The summed E-state index contributed by atoms with van der Waals surface area (Å²) in [4.78, 5) is 15.8. The lowest BCUT2D eigenvalue weighted by atomic mass is 10.3. The van der Waals surface area contributed by atoms with Crippen LogP contribution >= 0.6 is 11.8 Å². The maximum absolute atomic E-state index is 11.6. The van der Waals surface area contributed by atoms with Crippen LogP contribution in [0, 0.1) is 11.3 Å². The molecular weight excluding hydrogens is 236 g/mol. The monoisotopic (exact) mass is 250 g/mol. The molecule has 0 aliphatic rings. The Hall–Kier alpha value is -1.54. The predicted octanol–water partition coefficient (Wildman–Crippen LogP) is 2.65. The van der Waals surface area contributed by atoms with E-state index in [0.29, 0.717) is 23.6 Å². The summed E-state index contributed by atoms with van der Waals surface area (Å²) < 4.78 is 4.95. The minimum atomic E-state index is -0.344. The molecule has 1 aromatic heterocycles. The van der Waals surface area contributed by atoms with Crippen LogP contribution in [0.5, 0.6) is 0 Å². The van der Waals surface area contributed by atoms with Crippen LogP contribution in [0.25, 0.3) is 0 Å². The fraction of sp³-hybridized carbons (Fsp3) is 0.417. The van der Waals surface area contributed by atoms with Crippen molar-refractivity contribution in [3.05, 3.63) is 23.9 Å². The Balaban J connectivity index is 2.64. The second kappa shape index (κ2) is 7.69. The summed E-state index contributed by atoms with van der Waals surface area (Å²) in [5.74, 6) is 0.431. The Kier molecular flexibility index (Phi) is 6.12. The average molecular weight is 250 g/mol. The van der Waals surface area contributed by atoms with Gasteiger partial charge in [0, 0.05) is 18.4 Å². The van der Waals surface area contributed by atoms with Gasteiger partial charge in [-0.3, -0.25) is 0 Å². The lowest BCUT2D eigenvalue weighted by Crippen LogP contribution is -2.07. The maximum Gasteiger partial charge on any atom is 0.340 e. The fourth-order valence-corrected chi connectivity index (χ4v) is 2.11. The molecule has 0 radical (unpaired) electrons. The number of carbonyl (C=O) groups excluding carboxylic acids is 1. The molecule has 0 atom stereocenters. The standard InChI is InChI=1S/C12H14N2O2S/c1-2-16-12(15)10-6-5-8-14-11(10)17-9-4-3-7-13/h5-6,8H,2-4,9H2,1H3. The molecule has 0 N–H and O–H groups in total. The number of carbonyl (C=O) groups is 1. The summed E-state index contributed by atoms with van der Waals surface area (Å²) in [5.41, 5.74) is 0.497. The Morgan fingerprint density at radius 3 is 3.18 bits per heavy atom. The number of aromatic nitrogens is 1. The number of hydrogen-bond donors (Lipinski definition) is 0. The number of rotatable bonds is 6. The van der Waals surface area contributed by atoms with Crippen molar-refractivity contribution in [3.8, 4) is 6.07 Å². The topological polar surface area (TPSA) is 63.0 Å². The summed E-state index contributed by atoms with van der Waals surface area (Å²) in [7, 11) is 0. The van der Waals surface area contributed by atoms with Crippen LogP contribution < -0.4 is 0 Å². The fourth-order valence-electron chi connectivity index (χ4n) is 1.19. The zero-order chi connectivity index (χ0) is 12.5. The lowest BCUT2D eigenvalue weighted by molar-refractivity contribution is 0.0521. The van der Waals surface area contributed by atoms with E-state index in [2.05, 4.69) is 11.1 Å². The molecule has 1 aromatic rings. The molecular formula is C12H14N2O2S. The zero-order valence-electron chi connectivity index (χ0n) is 9.68. The normalized spacial score (nSPS) is 9.65. The summed E-state index contributed by atoms with van der Waals surface area (Å²) in [5, 5.41) is 9.10. The van der Waals surface area contributed by atoms with Crippen molar-refractivity contribution in [1.29, 1.82) is 5.26 Å². The Morgan fingerprint density at radius 1 is 1.65 bits per heavy atom. The molecule has 0 amide bonds. The van der Waals surface area contributed by atoms with E-state index in [-0.39, 0.29) is 5.97 Å². The van der Waals surface area contributed by atoms with Crippen LogP contribution in [-0.2, 0) is 4.74 Å². The van der Waals surface area contributed by atoms with Crippen LogP contribution in [-0.4, -0.2) is 23.3 Å². The second-order valence-electron chi connectivity index (χ2n) is 3.19. The minimum Gasteiger partial charge on any atom is -0.462 e. The van der Waals surface area contributed by atoms with Gasteiger partial charge in [0.2, 0.25) is 0 Å². The van der Waals surface area contributed by atoms with Gasteiger partial charge in [0.05, 0.1) is 18.2 Å². The van der Waals surface area contributed by atoms with Gasteiger partial charge in [-0.25, -0.2) is 9.78 Å². The molecule has 0 aliphatic heterocycles. The molecule has 5 heteroatoms. The Bertz CT molecular complexity index is 415. The van der Waals surface area contributed by atoms with Crippen LogP contribution in [0.2, 0.25) is 0 Å². The number of esters is 1. The predicted molar refractivity (Wildman–Crippen MR) is 65.8 cm³/mol. The van der Waals surface area contributed by atoms with Crippen molar-refractivity contribution in [3.63, 3.8) is 0 Å². The first kappa shape index (κ1) is 13.5. The van der Waals surface area contributed by atoms with Gasteiger partial charge in [-0.05, 0) is 25.5 Å². The highest BCUT2D eigenvalue weighted by Gasteiger charge is 2.12. The quantitative estimate of drug-likeness (QED) is 0.441. The van der Waals surface area contributed by atoms with Crippen LogP contribution in [0.1, 0.15) is 30.1 Å². The molecule has 0 aromatic carbocycles. The molecule has 0 fully saturated rings. The number of nitriles is 1. The summed E-state index contributed by atoms with van der Waals surface area (Å²) in [6.07, 6.45) is 2.96. The number of pyridine rings is 1. The van der Waals surface area contributed by atoms with Gasteiger partial charge >= 0.3 is 5.97 Å². The molecule has 90 valence electrons. The van der Waals surface area contributed by atoms with Crippen LogP contribution in [0.3, 0.4) is 0 Å². The summed E-state index contributed by atoms with van der Waals surface area (Å²) in [6.45, 7) is 2.13. The first-order valence-corrected chi connectivity index (χ1v) is 6.40. The van der Waals surface area contributed by atoms with Gasteiger partial charge in [-0.2, -0.15) is 5.26 Å². The molecule has 4 nitrogen and oxygen atoms in total. The first-order valence-electron chi connectivity index (χ1n) is 5.41. The molecule has 1 rings (SSSR count). The van der Waals surface area contributed by atoms with Crippen molar-refractivity contribution in [2.75, 3.05) is 12.4 Å². The highest BCUT2D eigenvalue weighted by atomic mass is 32.2. The van der Waals surface area contributed by atoms with Crippen molar-refractivity contribution in [1.82, 2.24) is 4.98 Å². The van der Waals surface area contributed by atoms with Gasteiger partial charge in [-0.1, -0.05) is 0 Å². The van der Waals surface area contributed by atoms with Gasteiger partial charge in [0.15, 0.2) is 0 Å². The third-order valence-corrected chi connectivity index (χ3v) is 3.03. The van der Waals surface area contributed by atoms with E-state index < -0.39 is 0 Å². The van der Waals surface area contributed by atoms with Gasteiger partial charge < -0.3 is 4.74 Å². The van der Waals surface area contributed by atoms with E-state index in [1.165, 1.54) is 11.8 Å². The third-order valence-electron chi connectivity index (χ3n) is 1.94. The van der Waals surface area contributed by atoms with Gasteiger partial charge in [0.1, 0.15) is 5.03 Å². The number of ether oxygens (including phenoxy) is 1. The largest absolute Gasteiger partial charge is 0.462 e. The maximum atomic E-state index is 11.6. The van der Waals surface area contributed by atoms with Gasteiger partial charge in [0.25, 0.3) is 0 Å². The van der Waals surface area contributed by atoms with Crippen molar-refractivity contribution < 1.29 is 9.53 Å². The van der Waals surface area contributed by atoms with E-state index in [9.17, 15) is 4.79 Å². The third kappa shape index (κ3) is 4.45. The molecule has 0 saturated heterocycles. The second-order valence-corrected chi connectivity index (χ2v) is 4.27. The van der Waals surface area contributed by atoms with Crippen LogP contribution in [0.15, 0.2) is 23.4 Å². The molecule has 0 bridgehead atoms. The minimum absolute atomic E-state index is 0.344. The number of unbranched alkanes of at least 4 members (excludes halogenated alkanes) is 1. The summed E-state index contributed by atoms with van der Waals surface area (Å²) in [6, 6.07) is 5.51. The molecule has 0 aliphatic carbocycles. The van der Waals surface area contributed by atoms with E-state index in [4.69, 9.17) is 10.00 Å². The summed E-state index contributed by atoms with van der Waals surface area (Å²) >= 11 is 1.48.